The van der Waals surface area contributed by atoms with Crippen molar-refractivity contribution >= 4 is 28.7 Å². The van der Waals surface area contributed by atoms with Gasteiger partial charge < -0.3 is 24.7 Å². The molecule has 1 atom stereocenters. The number of benzene rings is 3. The molecule has 0 aliphatic carbocycles. The number of nitrogens with one attached hydrogen (secondary N) is 2. The van der Waals surface area contributed by atoms with Crippen LogP contribution in [0.5, 0.6) is 5.75 Å². The van der Waals surface area contributed by atoms with Gasteiger partial charge in [-0.2, -0.15) is 0 Å². The summed E-state index contributed by atoms with van der Waals surface area (Å²) in [6, 6.07) is 22.5. The zero-order valence-corrected chi connectivity index (χ0v) is 19.9. The summed E-state index contributed by atoms with van der Waals surface area (Å²) in [6.45, 7) is -0.483. The van der Waals surface area contributed by atoms with Gasteiger partial charge in [0.15, 0.2) is 0 Å². The van der Waals surface area contributed by atoms with Gasteiger partial charge >= 0.3 is 5.97 Å². The predicted octanol–water partition coefficient (Wildman–Crippen LogP) is 3.68. The van der Waals surface area contributed by atoms with Crippen LogP contribution in [0.2, 0.25) is 0 Å². The molecule has 3 aromatic carbocycles. The van der Waals surface area contributed by atoms with E-state index in [1.165, 1.54) is 7.11 Å². The minimum absolute atomic E-state index is 0.216. The lowest BCUT2D eigenvalue weighted by Crippen LogP contribution is -2.41. The van der Waals surface area contributed by atoms with E-state index >= 15 is 0 Å². The number of methoxy groups -OCH3 is 2. The standard InChI is InChI=1S/C28H25N3O5/c1-35-18-9-7-8-17(14-18)26-25(21-12-5-6-13-22(21)30-26)27-19-10-3-4-11-20(19)28(34)31(27)16-23(32)29-15-24(33)36-2/h3-14,27,30H,15-16H2,1-2H3,(H,29,32)/t27-/m1/s1. The first-order chi connectivity index (χ1) is 17.5. The Balaban J connectivity index is 1.65. The van der Waals surface area contributed by atoms with Gasteiger partial charge in [0.2, 0.25) is 5.91 Å². The highest BCUT2D eigenvalue weighted by atomic mass is 16.5. The number of fused-ring (bicyclic) bond motifs is 2. The normalized spacial score (nSPS) is 14.6. The topological polar surface area (TPSA) is 101 Å². The third kappa shape index (κ3) is 4.07. The molecule has 0 bridgehead atoms. The number of carbonyl (C=O) groups excluding carboxylic acids is 3. The number of rotatable bonds is 7. The smallest absolute Gasteiger partial charge is 0.325 e. The Kier molecular flexibility index (Phi) is 6.16. The van der Waals surface area contributed by atoms with Crippen molar-refractivity contribution in [1.29, 1.82) is 0 Å². The van der Waals surface area contributed by atoms with Gasteiger partial charge in [0.1, 0.15) is 18.8 Å². The first-order valence-corrected chi connectivity index (χ1v) is 11.5. The second-order valence-corrected chi connectivity index (χ2v) is 8.47. The maximum Gasteiger partial charge on any atom is 0.325 e. The Morgan fingerprint density at radius 1 is 1.00 bits per heavy atom. The summed E-state index contributed by atoms with van der Waals surface area (Å²) in [6.07, 6.45) is 0. The Bertz CT molecular complexity index is 1480. The fraction of sp³-hybridized carbons (Fsp3) is 0.179. The molecule has 5 rings (SSSR count). The van der Waals surface area contributed by atoms with E-state index in [0.29, 0.717) is 11.3 Å². The number of carbonyl (C=O) groups is 3. The highest BCUT2D eigenvalue weighted by molar-refractivity contribution is 6.03. The summed E-state index contributed by atoms with van der Waals surface area (Å²) < 4.78 is 10.1. The molecule has 1 aliphatic rings. The van der Waals surface area contributed by atoms with Crippen LogP contribution >= 0.6 is 0 Å². The fourth-order valence-corrected chi connectivity index (χ4v) is 4.75. The molecule has 0 saturated heterocycles. The highest BCUT2D eigenvalue weighted by Crippen LogP contribution is 2.45. The summed E-state index contributed by atoms with van der Waals surface area (Å²) in [5.41, 5.74) is 4.90. The summed E-state index contributed by atoms with van der Waals surface area (Å²) in [4.78, 5) is 42.9. The van der Waals surface area contributed by atoms with Gasteiger partial charge in [-0.15, -0.1) is 0 Å². The lowest BCUT2D eigenvalue weighted by molar-refractivity contribution is -0.141. The number of aromatic amines is 1. The van der Waals surface area contributed by atoms with Crippen molar-refractivity contribution < 1.29 is 23.9 Å². The SMILES string of the molecule is COC(=O)CNC(=O)CN1C(=O)c2ccccc2[C@@H]1c1c(-c2cccc(OC)c2)[nH]c2ccccc12. The molecular formula is C28H25N3O5. The van der Waals surface area contributed by atoms with Crippen LogP contribution in [-0.4, -0.2) is 55.0 Å². The molecule has 0 unspecified atom stereocenters. The van der Waals surface area contributed by atoms with E-state index in [9.17, 15) is 14.4 Å². The molecule has 8 heteroatoms. The zero-order valence-electron chi connectivity index (χ0n) is 19.9. The second kappa shape index (κ2) is 9.58. The Labute approximate surface area is 207 Å². The van der Waals surface area contributed by atoms with E-state index in [-0.39, 0.29) is 19.0 Å². The van der Waals surface area contributed by atoms with Crippen LogP contribution < -0.4 is 10.1 Å². The molecule has 182 valence electrons. The van der Waals surface area contributed by atoms with Gasteiger partial charge in [-0.1, -0.05) is 48.5 Å². The van der Waals surface area contributed by atoms with Gasteiger partial charge in [-0.05, 0) is 29.8 Å². The maximum atomic E-state index is 13.5. The van der Waals surface area contributed by atoms with E-state index in [0.717, 1.165) is 33.3 Å². The molecule has 0 spiro atoms. The van der Waals surface area contributed by atoms with Crippen LogP contribution in [0.25, 0.3) is 22.2 Å². The van der Waals surface area contributed by atoms with Crippen molar-refractivity contribution in [1.82, 2.24) is 15.2 Å². The van der Waals surface area contributed by atoms with E-state index in [2.05, 4.69) is 15.0 Å². The Hall–Kier alpha value is -4.59. The zero-order chi connectivity index (χ0) is 25.2. The molecule has 1 aliphatic heterocycles. The number of para-hydroxylation sites is 1. The summed E-state index contributed by atoms with van der Waals surface area (Å²) in [5.74, 6) is -0.549. The maximum absolute atomic E-state index is 13.5. The monoisotopic (exact) mass is 483 g/mol. The van der Waals surface area contributed by atoms with Gasteiger partial charge in [-0.25, -0.2) is 0 Å². The van der Waals surface area contributed by atoms with E-state index < -0.39 is 17.9 Å². The fourth-order valence-electron chi connectivity index (χ4n) is 4.75. The number of aromatic nitrogens is 1. The number of H-pyrrole nitrogens is 1. The first kappa shape index (κ1) is 23.2. The minimum Gasteiger partial charge on any atom is -0.497 e. The van der Waals surface area contributed by atoms with Crippen molar-refractivity contribution in [3.8, 4) is 17.0 Å². The van der Waals surface area contributed by atoms with Crippen LogP contribution in [0.1, 0.15) is 27.5 Å². The number of esters is 1. The second-order valence-electron chi connectivity index (χ2n) is 8.47. The van der Waals surface area contributed by atoms with E-state index in [1.807, 2.05) is 66.7 Å². The van der Waals surface area contributed by atoms with Crippen molar-refractivity contribution in [2.75, 3.05) is 27.3 Å². The number of hydrogen-bond donors (Lipinski definition) is 2. The summed E-state index contributed by atoms with van der Waals surface area (Å²) >= 11 is 0. The Morgan fingerprint density at radius 2 is 1.78 bits per heavy atom. The lowest BCUT2D eigenvalue weighted by atomic mass is 9.93. The van der Waals surface area contributed by atoms with Crippen molar-refractivity contribution in [2.24, 2.45) is 0 Å². The molecule has 2 amide bonds. The average molecular weight is 484 g/mol. The average Bonchev–Trinajstić information content (AvgIpc) is 3.42. The van der Waals surface area contributed by atoms with Gasteiger partial charge in [0, 0.05) is 27.6 Å². The van der Waals surface area contributed by atoms with Crippen LogP contribution in [0.3, 0.4) is 0 Å². The van der Waals surface area contributed by atoms with Crippen LogP contribution in [0.15, 0.2) is 72.8 Å². The molecular weight excluding hydrogens is 458 g/mol. The molecule has 0 fully saturated rings. The molecule has 2 heterocycles. The molecule has 0 saturated carbocycles. The van der Waals surface area contributed by atoms with Gasteiger partial charge in [-0.3, -0.25) is 14.4 Å². The van der Waals surface area contributed by atoms with Crippen LogP contribution in [0, 0.1) is 0 Å². The molecule has 4 aromatic rings. The van der Waals surface area contributed by atoms with Crippen molar-refractivity contribution in [2.45, 2.75) is 6.04 Å². The van der Waals surface area contributed by atoms with Crippen LogP contribution in [0.4, 0.5) is 0 Å². The molecule has 0 radical (unpaired) electrons. The third-order valence-electron chi connectivity index (χ3n) is 6.41. The van der Waals surface area contributed by atoms with Gasteiger partial charge in [0.25, 0.3) is 5.91 Å². The van der Waals surface area contributed by atoms with Crippen molar-refractivity contribution in [3.63, 3.8) is 0 Å². The van der Waals surface area contributed by atoms with Crippen molar-refractivity contribution in [3.05, 3.63) is 89.5 Å². The highest BCUT2D eigenvalue weighted by Gasteiger charge is 2.41. The molecule has 1 aromatic heterocycles. The quantitative estimate of drug-likeness (QED) is 0.391. The number of nitrogens with zero attached hydrogens (tertiary/aromatic N) is 1. The molecule has 8 nitrogen and oxygen atoms in total. The predicted molar refractivity (Wildman–Crippen MR) is 135 cm³/mol. The third-order valence-corrected chi connectivity index (χ3v) is 6.41. The number of amides is 2. The first-order valence-electron chi connectivity index (χ1n) is 11.5. The van der Waals surface area contributed by atoms with E-state index in [4.69, 9.17) is 4.74 Å². The summed E-state index contributed by atoms with van der Waals surface area (Å²) in [5, 5.41) is 3.49. The minimum atomic E-state index is -0.562. The van der Waals surface area contributed by atoms with Crippen LogP contribution in [-0.2, 0) is 14.3 Å². The number of hydrogen-bond acceptors (Lipinski definition) is 5. The summed E-state index contributed by atoms with van der Waals surface area (Å²) in [7, 11) is 2.87. The molecule has 2 N–H and O–H groups in total. The lowest BCUT2D eigenvalue weighted by Gasteiger charge is -2.26. The molecule has 36 heavy (non-hydrogen) atoms. The van der Waals surface area contributed by atoms with E-state index in [1.54, 1.807) is 18.1 Å². The Morgan fingerprint density at radius 3 is 2.58 bits per heavy atom. The largest absolute Gasteiger partial charge is 0.497 e. The number of ether oxygens (including phenoxy) is 2. The van der Waals surface area contributed by atoms with Gasteiger partial charge in [0.05, 0.1) is 26.0 Å².